The van der Waals surface area contributed by atoms with Gasteiger partial charge in [0.05, 0.1) is 33.3 Å². The number of carbonyl (C=O) groups is 2. The molecule has 0 radical (unpaired) electrons. The monoisotopic (exact) mass is 459 g/mol. The second kappa shape index (κ2) is 8.55. The third-order valence-electron chi connectivity index (χ3n) is 5.89. The first-order chi connectivity index (χ1) is 16.5. The van der Waals surface area contributed by atoms with Gasteiger partial charge in [-0.25, -0.2) is 0 Å². The van der Waals surface area contributed by atoms with Crippen LogP contribution in [0.5, 0.6) is 28.7 Å². The van der Waals surface area contributed by atoms with Crippen LogP contribution in [0.4, 0.5) is 0 Å². The number of benzene rings is 2. The number of pyridine rings is 1. The molecule has 172 valence electrons. The Bertz CT molecular complexity index is 1330. The molecular weight excluding hydrogens is 438 g/mol. The van der Waals surface area contributed by atoms with Crippen LogP contribution in [0.3, 0.4) is 0 Å². The van der Waals surface area contributed by atoms with Crippen molar-refractivity contribution in [3.63, 3.8) is 0 Å². The standard InChI is InChI=1S/C26H21NO7/c1-30-19-12-21(32-3)20(31-2)9-15(19)10-22-25(29)16-6-7-18-24(26(16)34-22)17(11-23(28)33-18)14-5-4-8-27-13-14/h4-10,12-13,17H,11H2,1-3H3/b22-10-/t17-/m0/s1. The van der Waals surface area contributed by atoms with Crippen molar-refractivity contribution >= 4 is 17.8 Å². The zero-order valence-corrected chi connectivity index (χ0v) is 18.8. The number of rotatable bonds is 5. The van der Waals surface area contributed by atoms with Crippen molar-refractivity contribution in [3.05, 3.63) is 76.8 Å². The van der Waals surface area contributed by atoms with E-state index in [0.29, 0.717) is 45.4 Å². The number of ether oxygens (including phenoxy) is 5. The number of nitrogens with zero attached hydrogens (tertiary/aromatic N) is 1. The lowest BCUT2D eigenvalue weighted by molar-refractivity contribution is -0.135. The fourth-order valence-electron chi connectivity index (χ4n) is 4.28. The topological polar surface area (TPSA) is 93.2 Å². The van der Waals surface area contributed by atoms with E-state index in [1.54, 1.807) is 48.8 Å². The number of methoxy groups -OCH3 is 3. The van der Waals surface area contributed by atoms with Gasteiger partial charge in [-0.2, -0.15) is 0 Å². The molecule has 8 nitrogen and oxygen atoms in total. The van der Waals surface area contributed by atoms with Crippen LogP contribution in [0.1, 0.15) is 39.4 Å². The summed E-state index contributed by atoms with van der Waals surface area (Å²) < 4.78 is 27.8. The lowest BCUT2D eigenvalue weighted by Gasteiger charge is -2.26. The first-order valence-corrected chi connectivity index (χ1v) is 10.6. The smallest absolute Gasteiger partial charge is 0.312 e. The van der Waals surface area contributed by atoms with Gasteiger partial charge < -0.3 is 23.7 Å². The van der Waals surface area contributed by atoms with Crippen LogP contribution in [0, 0.1) is 0 Å². The van der Waals surface area contributed by atoms with Crippen LogP contribution in [-0.4, -0.2) is 38.1 Å². The van der Waals surface area contributed by atoms with Crippen LogP contribution in [-0.2, 0) is 4.79 Å². The number of fused-ring (bicyclic) bond motifs is 3. The Morgan fingerprint density at radius 2 is 1.74 bits per heavy atom. The molecule has 0 N–H and O–H groups in total. The summed E-state index contributed by atoms with van der Waals surface area (Å²) in [4.78, 5) is 29.7. The van der Waals surface area contributed by atoms with Gasteiger partial charge in [0.2, 0.25) is 5.78 Å². The van der Waals surface area contributed by atoms with Gasteiger partial charge in [0.15, 0.2) is 17.3 Å². The molecule has 0 spiro atoms. The van der Waals surface area contributed by atoms with Crippen LogP contribution in [0.15, 0.2) is 54.6 Å². The molecular formula is C26H21NO7. The second-order valence-electron chi connectivity index (χ2n) is 7.76. The number of allylic oxidation sites excluding steroid dienone is 1. The minimum atomic E-state index is -0.351. The van der Waals surface area contributed by atoms with Crippen LogP contribution in [0.2, 0.25) is 0 Å². The first-order valence-electron chi connectivity index (χ1n) is 10.6. The highest BCUT2D eigenvalue weighted by Gasteiger charge is 2.38. The molecule has 0 bridgehead atoms. The molecule has 2 aliphatic rings. The molecule has 2 aromatic carbocycles. The predicted molar refractivity (Wildman–Crippen MR) is 122 cm³/mol. The van der Waals surface area contributed by atoms with E-state index >= 15 is 0 Å². The van der Waals surface area contributed by atoms with Gasteiger partial charge in [-0.1, -0.05) is 6.07 Å². The number of ketones is 1. The van der Waals surface area contributed by atoms with E-state index in [-0.39, 0.29) is 29.9 Å². The minimum Gasteiger partial charge on any atom is -0.496 e. The maximum atomic E-state index is 13.3. The summed E-state index contributed by atoms with van der Waals surface area (Å²) >= 11 is 0. The normalized spacial score (nSPS) is 17.5. The van der Waals surface area contributed by atoms with Crippen molar-refractivity contribution in [2.45, 2.75) is 12.3 Å². The number of Topliss-reactive ketones (excluding diaryl/α,β-unsaturated/α-hetero) is 1. The number of hydrogen-bond donors (Lipinski definition) is 0. The third-order valence-corrected chi connectivity index (χ3v) is 5.89. The number of carbonyl (C=O) groups excluding carboxylic acids is 2. The summed E-state index contributed by atoms with van der Waals surface area (Å²) in [5, 5.41) is 0. The summed E-state index contributed by atoms with van der Waals surface area (Å²) in [5.74, 6) is 1.38. The molecule has 0 aliphatic carbocycles. The molecule has 1 aromatic heterocycles. The maximum absolute atomic E-state index is 13.3. The van der Waals surface area contributed by atoms with Gasteiger partial charge in [-0.3, -0.25) is 14.6 Å². The molecule has 3 heterocycles. The SMILES string of the molecule is COc1cc(OC)c(OC)cc1/C=C1\Oc2c(ccc3c2[C@H](c2cccnc2)CC(=O)O3)C1=O. The second-order valence-corrected chi connectivity index (χ2v) is 7.76. The van der Waals surface area contributed by atoms with Gasteiger partial charge in [-0.05, 0) is 35.9 Å². The van der Waals surface area contributed by atoms with Gasteiger partial charge in [0.25, 0.3) is 0 Å². The summed E-state index contributed by atoms with van der Waals surface area (Å²) in [6.07, 6.45) is 5.09. The number of hydrogen-bond acceptors (Lipinski definition) is 8. The quantitative estimate of drug-likeness (QED) is 0.319. The van der Waals surface area contributed by atoms with Gasteiger partial charge in [0, 0.05) is 35.5 Å². The minimum absolute atomic E-state index is 0.120. The Kier molecular flexibility index (Phi) is 5.41. The Hall–Kier alpha value is -4.33. The average Bonchev–Trinajstić information content (AvgIpc) is 3.18. The highest BCUT2D eigenvalue weighted by atomic mass is 16.5. The number of esters is 1. The molecule has 0 saturated carbocycles. The summed E-state index contributed by atoms with van der Waals surface area (Å²) in [7, 11) is 4.59. The highest BCUT2D eigenvalue weighted by molar-refractivity contribution is 6.15. The molecule has 0 fully saturated rings. The highest BCUT2D eigenvalue weighted by Crippen LogP contribution is 2.49. The molecule has 8 heteroatoms. The van der Waals surface area contributed by atoms with Crippen molar-refractivity contribution in [3.8, 4) is 28.7 Å². The van der Waals surface area contributed by atoms with Crippen LogP contribution >= 0.6 is 0 Å². The average molecular weight is 459 g/mol. The largest absolute Gasteiger partial charge is 0.496 e. The fourth-order valence-corrected chi connectivity index (χ4v) is 4.28. The summed E-state index contributed by atoms with van der Waals surface area (Å²) in [5.41, 5.74) is 2.47. The van der Waals surface area contributed by atoms with Crippen molar-refractivity contribution < 1.29 is 33.3 Å². The van der Waals surface area contributed by atoms with Gasteiger partial charge >= 0.3 is 5.97 Å². The zero-order valence-electron chi connectivity index (χ0n) is 18.8. The van der Waals surface area contributed by atoms with E-state index in [4.69, 9.17) is 23.7 Å². The molecule has 0 amide bonds. The predicted octanol–water partition coefficient (Wildman–Crippen LogP) is 4.16. The summed E-state index contributed by atoms with van der Waals surface area (Å²) in [6, 6.07) is 10.3. The van der Waals surface area contributed by atoms with E-state index in [1.165, 1.54) is 21.3 Å². The van der Waals surface area contributed by atoms with Crippen molar-refractivity contribution in [1.82, 2.24) is 4.98 Å². The fraction of sp³-hybridized carbons (Fsp3) is 0.192. The first kappa shape index (κ1) is 21.5. The van der Waals surface area contributed by atoms with Crippen LogP contribution < -0.4 is 23.7 Å². The Morgan fingerprint density at radius 1 is 0.971 bits per heavy atom. The third kappa shape index (κ3) is 3.53. The lowest BCUT2D eigenvalue weighted by Crippen LogP contribution is -2.21. The molecule has 0 saturated heterocycles. The van der Waals surface area contributed by atoms with Crippen molar-refractivity contribution in [2.75, 3.05) is 21.3 Å². The molecule has 34 heavy (non-hydrogen) atoms. The van der Waals surface area contributed by atoms with E-state index in [0.717, 1.165) is 5.56 Å². The van der Waals surface area contributed by atoms with Crippen LogP contribution in [0.25, 0.3) is 6.08 Å². The molecule has 2 aliphatic heterocycles. The van der Waals surface area contributed by atoms with E-state index in [1.807, 2.05) is 6.07 Å². The Balaban J connectivity index is 1.61. The molecule has 3 aromatic rings. The van der Waals surface area contributed by atoms with E-state index < -0.39 is 0 Å². The van der Waals surface area contributed by atoms with E-state index in [2.05, 4.69) is 4.98 Å². The maximum Gasteiger partial charge on any atom is 0.312 e. The van der Waals surface area contributed by atoms with E-state index in [9.17, 15) is 9.59 Å². The number of aromatic nitrogens is 1. The van der Waals surface area contributed by atoms with Crippen molar-refractivity contribution in [2.24, 2.45) is 0 Å². The molecule has 1 atom stereocenters. The lowest BCUT2D eigenvalue weighted by atomic mass is 9.85. The zero-order chi connectivity index (χ0) is 23.8. The van der Waals surface area contributed by atoms with Gasteiger partial charge in [-0.15, -0.1) is 0 Å². The Morgan fingerprint density at radius 3 is 2.44 bits per heavy atom. The van der Waals surface area contributed by atoms with Crippen molar-refractivity contribution in [1.29, 1.82) is 0 Å². The van der Waals surface area contributed by atoms with Gasteiger partial charge in [0.1, 0.15) is 17.2 Å². The molecule has 0 unspecified atom stereocenters. The summed E-state index contributed by atoms with van der Waals surface area (Å²) in [6.45, 7) is 0. The Labute approximate surface area is 195 Å². The molecule has 5 rings (SSSR count).